The molecule has 2 heterocycles. The number of ether oxygens (including phenoxy) is 2. The highest BCUT2D eigenvalue weighted by Gasteiger charge is 2.50. The molecule has 0 saturated heterocycles. The standard InChI is InChI=1S/C32H39BO2/c1-10-20-18(2)13-27-28-29(20)35-26-16-22-21(31(6,7)17-32(22,8)9)15-24(26)33(28)23-14-19(30(3,4)5)11-12-25(23)34-27/h11-16,20,29H,10,17H2,1-9H3. The van der Waals surface area contributed by atoms with Gasteiger partial charge in [-0.05, 0) is 87.3 Å². The molecule has 2 unspecified atom stereocenters. The van der Waals surface area contributed by atoms with E-state index in [0.717, 1.165) is 30.1 Å². The van der Waals surface area contributed by atoms with E-state index < -0.39 is 0 Å². The zero-order chi connectivity index (χ0) is 25.1. The summed E-state index contributed by atoms with van der Waals surface area (Å²) in [6.45, 7) is 21.2. The predicted molar refractivity (Wildman–Crippen MR) is 147 cm³/mol. The fourth-order valence-electron chi connectivity index (χ4n) is 7.50. The number of allylic oxidation sites excluding steroid dienone is 1. The van der Waals surface area contributed by atoms with Crippen LogP contribution in [0.25, 0.3) is 0 Å². The van der Waals surface area contributed by atoms with Crippen LogP contribution < -0.4 is 20.4 Å². The Morgan fingerprint density at radius 3 is 2.26 bits per heavy atom. The lowest BCUT2D eigenvalue weighted by Gasteiger charge is -2.44. The molecule has 0 aromatic heterocycles. The number of rotatable bonds is 1. The highest BCUT2D eigenvalue weighted by atomic mass is 16.5. The average molecular weight is 466 g/mol. The van der Waals surface area contributed by atoms with E-state index in [1.807, 2.05) is 0 Å². The van der Waals surface area contributed by atoms with E-state index in [0.29, 0.717) is 5.92 Å². The topological polar surface area (TPSA) is 18.5 Å². The first kappa shape index (κ1) is 23.0. The van der Waals surface area contributed by atoms with Gasteiger partial charge in [-0.25, -0.2) is 0 Å². The largest absolute Gasteiger partial charge is 0.487 e. The van der Waals surface area contributed by atoms with Crippen molar-refractivity contribution in [3.8, 4) is 11.5 Å². The monoisotopic (exact) mass is 466 g/mol. The molecule has 2 atom stereocenters. The van der Waals surface area contributed by atoms with Gasteiger partial charge in [0, 0.05) is 5.92 Å². The third-order valence-electron chi connectivity index (χ3n) is 9.11. The molecule has 2 nitrogen and oxygen atoms in total. The fourth-order valence-corrected chi connectivity index (χ4v) is 7.50. The molecule has 182 valence electrons. The number of benzene rings is 2. The summed E-state index contributed by atoms with van der Waals surface area (Å²) in [5, 5.41) is 0. The van der Waals surface area contributed by atoms with Crippen molar-refractivity contribution in [3.05, 3.63) is 69.9 Å². The summed E-state index contributed by atoms with van der Waals surface area (Å²) in [6.07, 6.45) is 4.53. The van der Waals surface area contributed by atoms with Crippen LogP contribution in [0, 0.1) is 5.92 Å². The molecule has 0 N–H and O–H groups in total. The zero-order valence-electron chi connectivity index (χ0n) is 22.9. The Morgan fingerprint density at radius 2 is 1.60 bits per heavy atom. The van der Waals surface area contributed by atoms with Crippen LogP contribution in [0.2, 0.25) is 0 Å². The minimum Gasteiger partial charge on any atom is -0.487 e. The van der Waals surface area contributed by atoms with Crippen molar-refractivity contribution < 1.29 is 9.47 Å². The van der Waals surface area contributed by atoms with E-state index in [1.54, 1.807) is 0 Å². The van der Waals surface area contributed by atoms with Gasteiger partial charge < -0.3 is 9.47 Å². The number of hydrogen-bond donors (Lipinski definition) is 0. The van der Waals surface area contributed by atoms with Gasteiger partial charge in [0.15, 0.2) is 0 Å². The maximum Gasteiger partial charge on any atom is 0.255 e. The Hall–Kier alpha value is -2.42. The lowest BCUT2D eigenvalue weighted by molar-refractivity contribution is 0.177. The Bertz CT molecular complexity index is 1320. The molecule has 2 aromatic rings. The maximum absolute atomic E-state index is 6.97. The quantitative estimate of drug-likeness (QED) is 0.448. The van der Waals surface area contributed by atoms with Crippen LogP contribution in [0.4, 0.5) is 0 Å². The molecule has 2 aliphatic carbocycles. The summed E-state index contributed by atoms with van der Waals surface area (Å²) in [6, 6.07) is 11.7. The van der Waals surface area contributed by atoms with Crippen molar-refractivity contribution in [2.75, 3.05) is 0 Å². The van der Waals surface area contributed by atoms with Crippen LogP contribution >= 0.6 is 0 Å². The molecule has 2 aromatic carbocycles. The van der Waals surface area contributed by atoms with Crippen LogP contribution in [0.5, 0.6) is 11.5 Å². The molecule has 3 heteroatoms. The van der Waals surface area contributed by atoms with Crippen LogP contribution in [-0.2, 0) is 16.2 Å². The van der Waals surface area contributed by atoms with Crippen molar-refractivity contribution >= 4 is 17.6 Å². The first-order chi connectivity index (χ1) is 16.3. The van der Waals surface area contributed by atoms with E-state index >= 15 is 0 Å². The predicted octanol–water partition coefficient (Wildman–Crippen LogP) is 6.48. The van der Waals surface area contributed by atoms with E-state index in [-0.39, 0.29) is 29.1 Å². The van der Waals surface area contributed by atoms with E-state index in [9.17, 15) is 0 Å². The smallest absolute Gasteiger partial charge is 0.255 e. The second-order valence-electron chi connectivity index (χ2n) is 13.7. The summed E-state index contributed by atoms with van der Waals surface area (Å²) in [4.78, 5) is 0. The Labute approximate surface area is 211 Å². The van der Waals surface area contributed by atoms with Crippen LogP contribution in [-0.4, -0.2) is 12.8 Å². The van der Waals surface area contributed by atoms with Crippen molar-refractivity contribution in [1.82, 2.24) is 0 Å². The lowest BCUT2D eigenvalue weighted by atomic mass is 9.32. The van der Waals surface area contributed by atoms with Crippen LogP contribution in [0.1, 0.15) is 91.8 Å². The molecule has 0 fully saturated rings. The van der Waals surface area contributed by atoms with Crippen molar-refractivity contribution in [2.24, 2.45) is 5.92 Å². The molecule has 0 radical (unpaired) electrons. The highest BCUT2D eigenvalue weighted by molar-refractivity contribution is 6.93. The van der Waals surface area contributed by atoms with E-state index in [4.69, 9.17) is 9.47 Å². The van der Waals surface area contributed by atoms with Crippen molar-refractivity contribution in [1.29, 1.82) is 0 Å². The third kappa shape index (κ3) is 3.23. The van der Waals surface area contributed by atoms with Gasteiger partial charge in [-0.2, -0.15) is 0 Å². The molecule has 2 aliphatic heterocycles. The van der Waals surface area contributed by atoms with Gasteiger partial charge in [-0.15, -0.1) is 0 Å². The average Bonchev–Trinajstić information content (AvgIpc) is 2.94. The fraction of sp³-hybridized carbons (Fsp3) is 0.500. The molecule has 4 aliphatic rings. The molecular formula is C32H39BO2. The molecule has 6 rings (SSSR count). The maximum atomic E-state index is 6.97. The van der Waals surface area contributed by atoms with Gasteiger partial charge in [0.1, 0.15) is 23.4 Å². The van der Waals surface area contributed by atoms with Gasteiger partial charge >= 0.3 is 0 Å². The van der Waals surface area contributed by atoms with Gasteiger partial charge in [0.05, 0.1) is 0 Å². The number of hydrogen-bond acceptors (Lipinski definition) is 2. The second-order valence-corrected chi connectivity index (χ2v) is 13.7. The summed E-state index contributed by atoms with van der Waals surface area (Å²) in [7, 11) is 0. The first-order valence-corrected chi connectivity index (χ1v) is 13.4. The second kappa shape index (κ2) is 7.08. The summed E-state index contributed by atoms with van der Waals surface area (Å²) in [5.74, 6) is 3.45. The third-order valence-corrected chi connectivity index (χ3v) is 9.11. The molecular weight excluding hydrogens is 427 g/mol. The lowest BCUT2D eigenvalue weighted by Crippen LogP contribution is -2.58. The Balaban J connectivity index is 1.65. The molecule has 35 heavy (non-hydrogen) atoms. The SMILES string of the molecule is CCC1C(C)=CC2=C3B(c4cc(C(C)(C)C)ccc4O2)c2cc4c(cc2OC31)C(C)(C)CC4(C)C. The van der Waals surface area contributed by atoms with Gasteiger partial charge in [0.2, 0.25) is 0 Å². The first-order valence-electron chi connectivity index (χ1n) is 13.4. The van der Waals surface area contributed by atoms with Crippen molar-refractivity contribution in [2.45, 2.75) is 97.5 Å². The van der Waals surface area contributed by atoms with Gasteiger partial charge in [-0.1, -0.05) is 79.2 Å². The molecule has 0 amide bonds. The van der Waals surface area contributed by atoms with Crippen LogP contribution in [0.3, 0.4) is 0 Å². The summed E-state index contributed by atoms with van der Waals surface area (Å²) in [5.41, 5.74) is 9.97. The minimum absolute atomic E-state index is 0.0273. The molecule has 0 saturated carbocycles. The number of fused-ring (bicyclic) bond motifs is 5. The molecule has 0 bridgehead atoms. The zero-order valence-corrected chi connectivity index (χ0v) is 22.9. The normalized spacial score (nSPS) is 25.1. The van der Waals surface area contributed by atoms with Gasteiger partial charge in [-0.3, -0.25) is 0 Å². The van der Waals surface area contributed by atoms with E-state index in [2.05, 4.69) is 98.7 Å². The Morgan fingerprint density at radius 1 is 0.943 bits per heavy atom. The summed E-state index contributed by atoms with van der Waals surface area (Å²) < 4.78 is 13.6. The molecule has 0 spiro atoms. The van der Waals surface area contributed by atoms with Gasteiger partial charge in [0.25, 0.3) is 6.71 Å². The Kier molecular flexibility index (Phi) is 4.66. The van der Waals surface area contributed by atoms with Crippen molar-refractivity contribution in [3.63, 3.8) is 0 Å². The highest BCUT2D eigenvalue weighted by Crippen LogP contribution is 2.51. The van der Waals surface area contributed by atoms with E-state index in [1.165, 1.54) is 38.7 Å². The summed E-state index contributed by atoms with van der Waals surface area (Å²) >= 11 is 0. The minimum atomic E-state index is 0.0273. The van der Waals surface area contributed by atoms with Crippen LogP contribution in [0.15, 0.2) is 53.2 Å².